The number of ether oxygens (including phenoxy) is 1. The second-order valence-electron chi connectivity index (χ2n) is 2.81. The average molecular weight is 225 g/mol. The molecule has 0 spiro atoms. The van der Waals surface area contributed by atoms with Gasteiger partial charge in [0.05, 0.1) is 6.54 Å². The number of carbonyl (C=O) groups is 2. The van der Waals surface area contributed by atoms with Crippen LogP contribution in [-0.4, -0.2) is 17.8 Å². The monoisotopic (exact) mass is 225 g/mol. The molecular formula is C10H11NO3S. The van der Waals surface area contributed by atoms with Crippen LogP contribution in [0.2, 0.25) is 0 Å². The molecule has 15 heavy (non-hydrogen) atoms. The van der Waals surface area contributed by atoms with Crippen molar-refractivity contribution in [3.63, 3.8) is 0 Å². The zero-order valence-electron chi connectivity index (χ0n) is 7.97. The Morgan fingerprint density at radius 1 is 1.27 bits per heavy atom. The van der Waals surface area contributed by atoms with E-state index in [0.29, 0.717) is 0 Å². The fourth-order valence-electron chi connectivity index (χ4n) is 0.922. The zero-order chi connectivity index (χ0) is 11.1. The van der Waals surface area contributed by atoms with E-state index in [9.17, 15) is 9.59 Å². The number of amides is 1. The van der Waals surface area contributed by atoms with E-state index in [1.54, 1.807) is 0 Å². The first-order chi connectivity index (χ1) is 7.18. The second kappa shape index (κ2) is 6.08. The van der Waals surface area contributed by atoms with Gasteiger partial charge in [-0.25, -0.2) is 4.79 Å². The normalized spacial score (nSPS) is 9.40. The summed E-state index contributed by atoms with van der Waals surface area (Å²) in [5.74, 6) is 0. The molecule has 1 rings (SSSR count). The molecule has 4 nitrogen and oxygen atoms in total. The van der Waals surface area contributed by atoms with E-state index in [2.05, 4.69) is 17.9 Å². The van der Waals surface area contributed by atoms with Crippen molar-refractivity contribution in [1.29, 1.82) is 0 Å². The molecule has 0 atom stereocenters. The lowest BCUT2D eigenvalue weighted by Gasteiger charge is -2.04. The van der Waals surface area contributed by atoms with E-state index in [4.69, 9.17) is 4.74 Å². The molecule has 0 radical (unpaired) electrons. The third-order valence-electron chi connectivity index (χ3n) is 1.60. The van der Waals surface area contributed by atoms with Crippen LogP contribution in [0.4, 0.5) is 4.79 Å². The highest BCUT2D eigenvalue weighted by atomic mass is 32.1. The fourth-order valence-corrected chi connectivity index (χ4v) is 1.00. The maximum atomic E-state index is 11.0. The first-order valence-corrected chi connectivity index (χ1v) is 4.79. The number of hydrogen-bond acceptors (Lipinski definition) is 3. The largest absolute Gasteiger partial charge is 0.445 e. The lowest BCUT2D eigenvalue weighted by atomic mass is 10.2. The molecule has 0 bridgehead atoms. The molecule has 0 aliphatic heterocycles. The summed E-state index contributed by atoms with van der Waals surface area (Å²) < 4.78 is 4.84. The molecule has 1 aromatic carbocycles. The number of alkyl carbamates (subject to hydrolysis) is 1. The molecule has 0 saturated heterocycles. The number of thiol groups is 1. The van der Waals surface area contributed by atoms with Crippen molar-refractivity contribution in [2.24, 2.45) is 0 Å². The van der Waals surface area contributed by atoms with Gasteiger partial charge in [0, 0.05) is 0 Å². The van der Waals surface area contributed by atoms with Crippen LogP contribution in [0.1, 0.15) is 5.56 Å². The van der Waals surface area contributed by atoms with Crippen LogP contribution in [0.3, 0.4) is 0 Å². The Bertz CT molecular complexity index is 340. The predicted molar refractivity (Wildman–Crippen MR) is 58.6 cm³/mol. The van der Waals surface area contributed by atoms with Gasteiger partial charge in [-0.2, -0.15) is 0 Å². The van der Waals surface area contributed by atoms with Crippen LogP contribution in [0.5, 0.6) is 0 Å². The molecule has 0 heterocycles. The standard InChI is InChI=1S/C10H11NO3S/c12-9(15)6-11-10(13)14-7-8-4-2-1-3-5-8/h1-5H,6-7H2,(H,11,13)(H,12,15). The van der Waals surface area contributed by atoms with E-state index in [1.807, 2.05) is 30.3 Å². The van der Waals surface area contributed by atoms with E-state index in [1.165, 1.54) is 0 Å². The highest BCUT2D eigenvalue weighted by Gasteiger charge is 2.03. The molecule has 0 fully saturated rings. The Labute approximate surface area is 93.0 Å². The maximum Gasteiger partial charge on any atom is 0.407 e. The first-order valence-electron chi connectivity index (χ1n) is 4.35. The van der Waals surface area contributed by atoms with Gasteiger partial charge >= 0.3 is 6.09 Å². The Morgan fingerprint density at radius 3 is 2.53 bits per heavy atom. The van der Waals surface area contributed by atoms with E-state index >= 15 is 0 Å². The van der Waals surface area contributed by atoms with Crippen LogP contribution < -0.4 is 5.32 Å². The summed E-state index contributed by atoms with van der Waals surface area (Å²) in [4.78, 5) is 21.4. The van der Waals surface area contributed by atoms with Crippen molar-refractivity contribution in [3.8, 4) is 0 Å². The Kier molecular flexibility index (Phi) is 4.70. The van der Waals surface area contributed by atoms with Gasteiger partial charge in [-0.3, -0.25) is 4.79 Å². The van der Waals surface area contributed by atoms with Crippen LogP contribution in [0, 0.1) is 0 Å². The molecule has 1 amide bonds. The molecule has 1 aromatic rings. The average Bonchev–Trinajstić information content (AvgIpc) is 2.25. The van der Waals surface area contributed by atoms with Crippen molar-refractivity contribution in [2.45, 2.75) is 6.61 Å². The van der Waals surface area contributed by atoms with Crippen LogP contribution in [0.25, 0.3) is 0 Å². The number of hydrogen-bond donors (Lipinski definition) is 2. The number of carbonyl (C=O) groups excluding carboxylic acids is 2. The molecule has 80 valence electrons. The molecule has 0 aromatic heterocycles. The molecule has 0 aliphatic carbocycles. The van der Waals surface area contributed by atoms with Gasteiger partial charge in [0.15, 0.2) is 0 Å². The van der Waals surface area contributed by atoms with Crippen LogP contribution in [0.15, 0.2) is 30.3 Å². The van der Waals surface area contributed by atoms with Crippen molar-refractivity contribution < 1.29 is 14.3 Å². The van der Waals surface area contributed by atoms with E-state index in [-0.39, 0.29) is 13.2 Å². The summed E-state index contributed by atoms with van der Waals surface area (Å²) in [7, 11) is 0. The van der Waals surface area contributed by atoms with Crippen molar-refractivity contribution >= 4 is 23.8 Å². The lowest BCUT2D eigenvalue weighted by Crippen LogP contribution is -2.28. The highest BCUT2D eigenvalue weighted by Crippen LogP contribution is 2.00. The van der Waals surface area contributed by atoms with Crippen molar-refractivity contribution in [1.82, 2.24) is 5.32 Å². The Balaban J connectivity index is 2.26. The van der Waals surface area contributed by atoms with Gasteiger partial charge in [-0.15, -0.1) is 12.6 Å². The zero-order valence-corrected chi connectivity index (χ0v) is 8.87. The molecule has 0 saturated carbocycles. The highest BCUT2D eigenvalue weighted by molar-refractivity contribution is 7.96. The van der Waals surface area contributed by atoms with Gasteiger partial charge < -0.3 is 10.1 Å². The van der Waals surface area contributed by atoms with Gasteiger partial charge in [0.25, 0.3) is 0 Å². The van der Waals surface area contributed by atoms with Crippen LogP contribution in [-0.2, 0) is 16.1 Å². The number of nitrogens with one attached hydrogen (secondary N) is 1. The van der Waals surface area contributed by atoms with Crippen molar-refractivity contribution in [2.75, 3.05) is 6.54 Å². The quantitative estimate of drug-likeness (QED) is 0.761. The minimum absolute atomic E-state index is 0.128. The first kappa shape index (κ1) is 11.6. The Morgan fingerprint density at radius 2 is 1.93 bits per heavy atom. The molecule has 5 heteroatoms. The molecule has 1 N–H and O–H groups in total. The van der Waals surface area contributed by atoms with Gasteiger partial charge in [0.2, 0.25) is 5.12 Å². The lowest BCUT2D eigenvalue weighted by molar-refractivity contribution is -0.110. The Hall–Kier alpha value is -1.49. The minimum Gasteiger partial charge on any atom is -0.445 e. The minimum atomic E-state index is -0.624. The summed E-state index contributed by atoms with van der Waals surface area (Å²) in [6.45, 7) is 0.0597. The van der Waals surface area contributed by atoms with Crippen LogP contribution >= 0.6 is 12.6 Å². The summed E-state index contributed by atoms with van der Waals surface area (Å²) in [6, 6.07) is 9.28. The van der Waals surface area contributed by atoms with Gasteiger partial charge in [-0.05, 0) is 5.56 Å². The number of rotatable bonds is 4. The number of benzene rings is 1. The van der Waals surface area contributed by atoms with E-state index in [0.717, 1.165) is 5.56 Å². The molecule has 0 aliphatic rings. The van der Waals surface area contributed by atoms with E-state index < -0.39 is 11.2 Å². The predicted octanol–water partition coefficient (Wildman–Crippen LogP) is 1.37. The van der Waals surface area contributed by atoms with Gasteiger partial charge in [-0.1, -0.05) is 30.3 Å². The fraction of sp³-hybridized carbons (Fsp3) is 0.200. The summed E-state index contributed by atoms with van der Waals surface area (Å²) in [6.07, 6.45) is -0.624. The third kappa shape index (κ3) is 5.07. The summed E-state index contributed by atoms with van der Waals surface area (Å²) >= 11 is 3.50. The maximum absolute atomic E-state index is 11.0. The SMILES string of the molecule is O=C(S)CNC(=O)OCc1ccccc1. The summed E-state index contributed by atoms with van der Waals surface area (Å²) in [5.41, 5.74) is 0.893. The molecular weight excluding hydrogens is 214 g/mol. The smallest absolute Gasteiger partial charge is 0.407 e. The van der Waals surface area contributed by atoms with Crippen molar-refractivity contribution in [3.05, 3.63) is 35.9 Å². The molecule has 0 unspecified atom stereocenters. The second-order valence-corrected chi connectivity index (χ2v) is 3.31. The van der Waals surface area contributed by atoms with Gasteiger partial charge in [0.1, 0.15) is 6.61 Å². The third-order valence-corrected chi connectivity index (χ3v) is 1.75. The summed E-state index contributed by atoms with van der Waals surface area (Å²) in [5, 5.41) is 1.85. The topological polar surface area (TPSA) is 55.4 Å².